The van der Waals surface area contributed by atoms with Crippen LogP contribution in [0.2, 0.25) is 0 Å². The van der Waals surface area contributed by atoms with Gasteiger partial charge in [-0.15, -0.1) is 12.4 Å². The lowest BCUT2D eigenvalue weighted by Gasteiger charge is -2.21. The first-order chi connectivity index (χ1) is 10.1. The third-order valence-electron chi connectivity index (χ3n) is 3.72. The van der Waals surface area contributed by atoms with Gasteiger partial charge in [-0.3, -0.25) is 9.59 Å². The van der Waals surface area contributed by atoms with Crippen LogP contribution in [0.15, 0.2) is 28.7 Å². The van der Waals surface area contributed by atoms with Crippen molar-refractivity contribution in [1.82, 2.24) is 10.2 Å². The molecule has 0 saturated carbocycles. The van der Waals surface area contributed by atoms with E-state index in [9.17, 15) is 9.59 Å². The summed E-state index contributed by atoms with van der Waals surface area (Å²) in [7, 11) is 3.59. The lowest BCUT2D eigenvalue weighted by Crippen LogP contribution is -2.40. The van der Waals surface area contributed by atoms with Gasteiger partial charge in [0.05, 0.1) is 5.69 Å². The number of para-hydroxylation sites is 1. The molecule has 1 aliphatic rings. The summed E-state index contributed by atoms with van der Waals surface area (Å²) < 4.78 is 0.870. The molecule has 1 aromatic carbocycles. The van der Waals surface area contributed by atoms with Crippen LogP contribution < -0.4 is 10.2 Å². The second-order valence-electron chi connectivity index (χ2n) is 5.15. The SMILES string of the molecule is CNCCN(C)C(=O)C1CCN(c2ccccc2Br)C1=O.Cl. The van der Waals surface area contributed by atoms with Crippen molar-refractivity contribution >= 4 is 45.8 Å². The fourth-order valence-corrected chi connectivity index (χ4v) is 2.97. The van der Waals surface area contributed by atoms with Crippen molar-refractivity contribution in [2.45, 2.75) is 6.42 Å². The van der Waals surface area contributed by atoms with Crippen LogP contribution in [-0.4, -0.2) is 50.4 Å². The number of hydrogen-bond donors (Lipinski definition) is 1. The predicted molar refractivity (Wildman–Crippen MR) is 93.4 cm³/mol. The first-order valence-corrected chi connectivity index (χ1v) is 7.81. The molecule has 1 unspecified atom stereocenters. The van der Waals surface area contributed by atoms with Crippen LogP contribution >= 0.6 is 28.3 Å². The molecule has 1 atom stereocenters. The Bertz CT molecular complexity index is 541. The predicted octanol–water partition coefficient (Wildman–Crippen LogP) is 1.90. The van der Waals surface area contributed by atoms with Gasteiger partial charge in [0.25, 0.3) is 0 Å². The molecule has 5 nitrogen and oxygen atoms in total. The van der Waals surface area contributed by atoms with E-state index >= 15 is 0 Å². The van der Waals surface area contributed by atoms with Gasteiger partial charge in [0, 0.05) is 31.2 Å². The molecule has 2 rings (SSSR count). The van der Waals surface area contributed by atoms with Gasteiger partial charge in [0.1, 0.15) is 5.92 Å². The summed E-state index contributed by atoms with van der Waals surface area (Å²) in [4.78, 5) is 28.2. The summed E-state index contributed by atoms with van der Waals surface area (Å²) in [5.74, 6) is -0.757. The lowest BCUT2D eigenvalue weighted by atomic mass is 10.1. The number of halogens is 2. The maximum atomic E-state index is 12.5. The fraction of sp³-hybridized carbons (Fsp3) is 0.467. The highest BCUT2D eigenvalue weighted by atomic mass is 79.9. The Morgan fingerprint density at radius 2 is 2.14 bits per heavy atom. The molecule has 0 radical (unpaired) electrons. The number of benzene rings is 1. The van der Waals surface area contributed by atoms with Crippen molar-refractivity contribution in [3.05, 3.63) is 28.7 Å². The molecule has 1 aromatic rings. The zero-order valence-electron chi connectivity index (χ0n) is 12.7. The Kier molecular flexibility index (Phi) is 7.32. The number of carbonyl (C=O) groups excluding carboxylic acids is 2. The van der Waals surface area contributed by atoms with Crippen LogP contribution in [-0.2, 0) is 9.59 Å². The molecule has 0 spiro atoms. The molecule has 22 heavy (non-hydrogen) atoms. The van der Waals surface area contributed by atoms with Gasteiger partial charge >= 0.3 is 0 Å². The molecule has 0 aromatic heterocycles. The highest BCUT2D eigenvalue weighted by Crippen LogP contribution is 2.31. The molecule has 0 bridgehead atoms. The molecule has 0 aliphatic carbocycles. The fourth-order valence-electron chi connectivity index (χ4n) is 2.47. The van der Waals surface area contributed by atoms with Crippen molar-refractivity contribution in [3.63, 3.8) is 0 Å². The quantitative estimate of drug-likeness (QED) is 0.781. The normalized spacial score (nSPS) is 17.3. The van der Waals surface area contributed by atoms with Crippen molar-refractivity contribution in [3.8, 4) is 0 Å². The number of nitrogens with zero attached hydrogens (tertiary/aromatic N) is 2. The van der Waals surface area contributed by atoms with E-state index in [0.29, 0.717) is 19.5 Å². The third-order valence-corrected chi connectivity index (χ3v) is 4.39. The molecule has 1 N–H and O–H groups in total. The van der Waals surface area contributed by atoms with Gasteiger partial charge < -0.3 is 15.1 Å². The summed E-state index contributed by atoms with van der Waals surface area (Å²) in [5, 5.41) is 3.00. The van der Waals surface area contributed by atoms with E-state index < -0.39 is 5.92 Å². The highest BCUT2D eigenvalue weighted by Gasteiger charge is 2.39. The van der Waals surface area contributed by atoms with Gasteiger partial charge in [0.2, 0.25) is 11.8 Å². The molecule has 1 aliphatic heterocycles. The topological polar surface area (TPSA) is 52.7 Å². The van der Waals surface area contributed by atoms with Crippen molar-refractivity contribution in [2.24, 2.45) is 5.92 Å². The number of rotatable bonds is 5. The van der Waals surface area contributed by atoms with Crippen LogP contribution in [0.4, 0.5) is 5.69 Å². The summed E-state index contributed by atoms with van der Waals surface area (Å²) in [6.07, 6.45) is 0.572. The van der Waals surface area contributed by atoms with Crippen molar-refractivity contribution < 1.29 is 9.59 Å². The molecule has 1 heterocycles. The van der Waals surface area contributed by atoms with E-state index in [0.717, 1.165) is 16.7 Å². The molecule has 2 amide bonds. The molecular formula is C15H21BrClN3O2. The van der Waals surface area contributed by atoms with E-state index in [1.165, 1.54) is 0 Å². The Morgan fingerprint density at radius 1 is 1.45 bits per heavy atom. The number of carbonyl (C=O) groups is 2. The Balaban J connectivity index is 0.00000242. The largest absolute Gasteiger partial charge is 0.344 e. The number of anilines is 1. The zero-order valence-corrected chi connectivity index (χ0v) is 15.1. The average molecular weight is 391 g/mol. The first kappa shape index (κ1) is 18.9. The van der Waals surface area contributed by atoms with Gasteiger partial charge in [-0.2, -0.15) is 0 Å². The Hall–Kier alpha value is -1.11. The molecule has 7 heteroatoms. The monoisotopic (exact) mass is 389 g/mol. The second-order valence-corrected chi connectivity index (χ2v) is 6.00. The lowest BCUT2D eigenvalue weighted by molar-refractivity contribution is -0.138. The smallest absolute Gasteiger partial charge is 0.239 e. The van der Waals surface area contributed by atoms with Gasteiger partial charge in [-0.25, -0.2) is 0 Å². The minimum atomic E-state index is -0.557. The zero-order chi connectivity index (χ0) is 15.4. The maximum Gasteiger partial charge on any atom is 0.239 e. The van der Waals surface area contributed by atoms with E-state index in [1.807, 2.05) is 31.3 Å². The van der Waals surface area contributed by atoms with Crippen molar-refractivity contribution in [1.29, 1.82) is 0 Å². The van der Waals surface area contributed by atoms with Crippen LogP contribution in [0.1, 0.15) is 6.42 Å². The number of likely N-dealkylation sites (N-methyl/N-ethyl adjacent to an activating group) is 2. The summed E-state index contributed by atoms with van der Waals surface area (Å²) >= 11 is 3.46. The first-order valence-electron chi connectivity index (χ1n) is 7.01. The minimum Gasteiger partial charge on any atom is -0.344 e. The van der Waals surface area contributed by atoms with E-state index in [1.54, 1.807) is 16.8 Å². The van der Waals surface area contributed by atoms with Crippen LogP contribution in [0.3, 0.4) is 0 Å². The molecule has 1 fully saturated rings. The minimum absolute atomic E-state index is 0. The number of nitrogens with one attached hydrogen (secondary N) is 1. The number of amides is 2. The van der Waals surface area contributed by atoms with Crippen molar-refractivity contribution in [2.75, 3.05) is 38.6 Å². The summed E-state index contributed by atoms with van der Waals surface area (Å²) in [5.41, 5.74) is 0.829. The van der Waals surface area contributed by atoms with E-state index in [-0.39, 0.29) is 24.2 Å². The van der Waals surface area contributed by atoms with E-state index in [4.69, 9.17) is 0 Å². The van der Waals surface area contributed by atoms with Crippen LogP contribution in [0, 0.1) is 5.92 Å². The van der Waals surface area contributed by atoms with E-state index in [2.05, 4.69) is 21.2 Å². The average Bonchev–Trinajstić information content (AvgIpc) is 2.86. The summed E-state index contributed by atoms with van der Waals surface area (Å²) in [6, 6.07) is 7.58. The highest BCUT2D eigenvalue weighted by molar-refractivity contribution is 9.10. The van der Waals surface area contributed by atoms with Crippen LogP contribution in [0.25, 0.3) is 0 Å². The van der Waals surface area contributed by atoms with Gasteiger partial charge in [-0.05, 0) is 41.5 Å². The van der Waals surface area contributed by atoms with Crippen LogP contribution in [0.5, 0.6) is 0 Å². The number of hydrogen-bond acceptors (Lipinski definition) is 3. The maximum absolute atomic E-state index is 12.5. The standard InChI is InChI=1S/C15H20BrN3O2.ClH/c1-17-8-10-18(2)14(20)11-7-9-19(15(11)21)13-6-4-3-5-12(13)16;/h3-6,11,17H,7-10H2,1-2H3;1H. The Morgan fingerprint density at radius 3 is 2.77 bits per heavy atom. The summed E-state index contributed by atoms with van der Waals surface area (Å²) in [6.45, 7) is 1.91. The van der Waals surface area contributed by atoms with Gasteiger partial charge in [0.15, 0.2) is 0 Å². The molecular weight excluding hydrogens is 370 g/mol. The van der Waals surface area contributed by atoms with Gasteiger partial charge in [-0.1, -0.05) is 12.1 Å². The Labute approximate surface area is 145 Å². The second kappa shape index (κ2) is 8.50. The molecule has 1 saturated heterocycles. The molecule has 122 valence electrons. The third kappa shape index (κ3) is 4.00.